The van der Waals surface area contributed by atoms with Crippen molar-refractivity contribution < 1.29 is 181 Å². The van der Waals surface area contributed by atoms with Gasteiger partial charge in [0.05, 0.1) is 56.4 Å². The summed E-state index contributed by atoms with van der Waals surface area (Å²) >= 11 is 0. The minimum atomic E-state index is -2.26. The molecular formula is C79H98N14O38. The fourth-order valence-corrected chi connectivity index (χ4v) is 12.4. The number of carboxylic acids is 10. The van der Waals surface area contributed by atoms with Gasteiger partial charge in [-0.2, -0.15) is 0 Å². The number of aliphatic carboxylic acids is 9. The largest absolute Gasteiger partial charge is 0.508 e. The molecule has 0 saturated carbocycles. The maximum Gasteiger partial charge on any atom is 0.336 e. The van der Waals surface area contributed by atoms with Crippen LogP contribution in [0.5, 0.6) is 5.75 Å². The number of hydrogen-bond acceptors (Lipinski definition) is 32. The number of carbonyl (C=O) groups is 24. The van der Waals surface area contributed by atoms with Crippen molar-refractivity contribution in [2.75, 3.05) is 26.2 Å². The molecular weight excluding hydrogens is 1750 g/mol. The number of aromatic carboxylic acids is 1. The lowest BCUT2D eigenvalue weighted by Gasteiger charge is -2.27. The molecule has 0 unspecified atom stereocenters. The second-order valence-electron chi connectivity index (χ2n) is 29.8. The number of amides is 10. The average molecular weight is 1850 g/mol. The number of aliphatic hydroxyl groups is 1. The third-order valence-electron chi connectivity index (χ3n) is 19.1. The molecule has 0 radical (unpaired) electrons. The number of phenols is 1. The zero-order valence-electron chi connectivity index (χ0n) is 70.1. The van der Waals surface area contributed by atoms with Crippen molar-refractivity contribution in [2.24, 2.45) is 11.8 Å². The summed E-state index contributed by atoms with van der Waals surface area (Å²) in [6.45, 7) is 0.822. The van der Waals surface area contributed by atoms with Crippen molar-refractivity contribution >= 4 is 153 Å². The van der Waals surface area contributed by atoms with Crippen LogP contribution >= 0.6 is 0 Å². The van der Waals surface area contributed by atoms with E-state index in [2.05, 4.69) is 48.3 Å². The fourth-order valence-electron chi connectivity index (χ4n) is 12.4. The first-order valence-corrected chi connectivity index (χ1v) is 39.7. The molecule has 10 amide bonds. The third kappa shape index (κ3) is 35.9. The summed E-state index contributed by atoms with van der Waals surface area (Å²) in [6.07, 6.45) is -12.7. The Hall–Kier alpha value is -15.2. The number of ketones is 4. The van der Waals surface area contributed by atoms with Crippen molar-refractivity contribution in [3.05, 3.63) is 75.9 Å². The average Bonchev–Trinajstić information content (AvgIpc) is 0.744. The van der Waals surface area contributed by atoms with Crippen LogP contribution in [-0.4, -0.2) is 296 Å². The van der Waals surface area contributed by atoms with E-state index in [4.69, 9.17) is 9.52 Å². The Labute approximate surface area is 738 Å². The van der Waals surface area contributed by atoms with Gasteiger partial charge >= 0.3 is 59.7 Å². The number of aromatic hydroxyl groups is 1. The molecule has 1 aliphatic carbocycles. The van der Waals surface area contributed by atoms with Gasteiger partial charge in [0, 0.05) is 79.2 Å². The van der Waals surface area contributed by atoms with E-state index in [9.17, 15) is 176 Å². The first-order chi connectivity index (χ1) is 61.4. The Morgan fingerprint density at radius 1 is 0.359 bits per heavy atom. The number of rotatable bonds is 61. The molecule has 52 nitrogen and oxygen atoms in total. The van der Waals surface area contributed by atoms with Gasteiger partial charge in [-0.15, -0.1) is 0 Å². The SMILES string of the molecule is CC(C)[C@H](NC(=O)c1ccc(C(=O)O)c(-c2c3ccc(=O)cc-3oc3cc(O)ccc23)c1)C(=O)N[C@@H](CC(=O)O)C(=O)N[C@@H](CO)C(=O)C(=O)[C@@H](NC(=O)[C@H](CCC(=O)O)NNCC(=O)N[C@@H](CCC(=O)O)C(=O)NCC(=O)N[C@@H](CCC(=O)O)C(=O)C(=O)[C@H](CCC(=O)O)NC(=O)[C@H](CCC(=O)O)NNCC(=O)N[C@@H](CCC(=O)O)C(=O)N[C@@H](CCC(=O)O)C(=O)O)C(C)C. The van der Waals surface area contributed by atoms with Crippen molar-refractivity contribution in [2.45, 2.75) is 190 Å². The number of phenolic OH excluding ortho intramolecular Hbond substituents is 1. The normalized spacial score (nSPS) is 13.6. The molecule has 2 aromatic carbocycles. The van der Waals surface area contributed by atoms with E-state index in [0.717, 1.165) is 24.3 Å². The molecule has 712 valence electrons. The van der Waals surface area contributed by atoms with E-state index < -0.39 is 348 Å². The summed E-state index contributed by atoms with van der Waals surface area (Å²) in [5.74, 6) is -37.5. The number of benzene rings is 3. The summed E-state index contributed by atoms with van der Waals surface area (Å²) in [7, 11) is 0. The summed E-state index contributed by atoms with van der Waals surface area (Å²) in [5.41, 5.74) is 8.16. The van der Waals surface area contributed by atoms with Crippen molar-refractivity contribution in [3.63, 3.8) is 0 Å². The molecule has 1 aliphatic heterocycles. The third-order valence-corrected chi connectivity index (χ3v) is 19.1. The van der Waals surface area contributed by atoms with Crippen LogP contribution in [0.3, 0.4) is 0 Å². The lowest BCUT2D eigenvalue weighted by molar-refractivity contribution is -0.144. The molecule has 0 aromatic heterocycles. The summed E-state index contributed by atoms with van der Waals surface area (Å²) < 4.78 is 5.87. The minimum Gasteiger partial charge on any atom is -0.508 e. The van der Waals surface area contributed by atoms with Crippen molar-refractivity contribution in [1.29, 1.82) is 0 Å². The predicted molar refractivity (Wildman–Crippen MR) is 437 cm³/mol. The lowest BCUT2D eigenvalue weighted by Crippen LogP contribution is -2.60. The highest BCUT2D eigenvalue weighted by atomic mass is 16.4. The molecule has 1 heterocycles. The highest BCUT2D eigenvalue weighted by Gasteiger charge is 2.41. The van der Waals surface area contributed by atoms with Crippen molar-refractivity contribution in [1.82, 2.24) is 74.9 Å². The van der Waals surface area contributed by atoms with Crippen LogP contribution in [0.15, 0.2) is 63.8 Å². The molecule has 52 heteroatoms. The summed E-state index contributed by atoms with van der Waals surface area (Å²) in [4.78, 5) is 323. The van der Waals surface area contributed by atoms with Gasteiger partial charge in [-0.3, -0.25) is 110 Å². The highest BCUT2D eigenvalue weighted by molar-refractivity contribution is 6.42. The molecule has 0 bridgehead atoms. The summed E-state index contributed by atoms with van der Waals surface area (Å²) in [6, 6.07) is -10.7. The number of carbonyl (C=O) groups excluding carboxylic acids is 14. The first kappa shape index (κ1) is 108. The quantitative estimate of drug-likeness (QED) is 0.0111. The van der Waals surface area contributed by atoms with Crippen LogP contribution in [0.25, 0.3) is 33.4 Å². The van der Waals surface area contributed by atoms with Gasteiger partial charge in [0.25, 0.3) is 5.91 Å². The monoisotopic (exact) mass is 1850 g/mol. The zero-order valence-corrected chi connectivity index (χ0v) is 70.1. The Kier molecular flexibility index (Phi) is 43.1. The predicted octanol–water partition coefficient (Wildman–Crippen LogP) is -5.82. The van der Waals surface area contributed by atoms with Crippen molar-refractivity contribution in [3.8, 4) is 28.2 Å². The Morgan fingerprint density at radius 3 is 1.23 bits per heavy atom. The molecule has 0 fully saturated rings. The van der Waals surface area contributed by atoms with Crippen LogP contribution in [0, 0.1) is 11.8 Å². The Balaban J connectivity index is 1.46. The smallest absolute Gasteiger partial charge is 0.336 e. The second-order valence-corrected chi connectivity index (χ2v) is 29.8. The number of Topliss-reactive ketones (excluding diaryl/α,β-unsaturated/α-hetero) is 4. The molecule has 0 spiro atoms. The van der Waals surface area contributed by atoms with Gasteiger partial charge in [-0.1, -0.05) is 27.7 Å². The van der Waals surface area contributed by atoms with E-state index in [1.165, 1.54) is 58.0 Å². The lowest BCUT2D eigenvalue weighted by atomic mass is 9.89. The maximum absolute atomic E-state index is 14.2. The molecule has 11 atom stereocenters. The second kappa shape index (κ2) is 52.2. The van der Waals surface area contributed by atoms with Crippen LogP contribution in [0.1, 0.15) is 145 Å². The molecule has 26 N–H and O–H groups in total. The summed E-state index contributed by atoms with van der Waals surface area (Å²) in [5, 5.41) is 137. The minimum absolute atomic E-state index is 0.00393. The van der Waals surface area contributed by atoms with Gasteiger partial charge in [0.1, 0.15) is 65.4 Å². The molecule has 4 rings (SSSR count). The molecule has 2 aliphatic rings. The Bertz CT molecular complexity index is 5050. The van der Waals surface area contributed by atoms with Crippen LogP contribution in [-0.2, 0) is 105 Å². The molecule has 131 heavy (non-hydrogen) atoms. The van der Waals surface area contributed by atoms with E-state index in [1.54, 1.807) is 0 Å². The van der Waals surface area contributed by atoms with E-state index in [0.29, 0.717) is 0 Å². The number of aliphatic hydroxyl groups excluding tert-OH is 1. The fraction of sp³-hybridized carbons (Fsp3) is 0.456. The molecule has 0 saturated heterocycles. The number of hydrazine groups is 2. The van der Waals surface area contributed by atoms with Gasteiger partial charge in [0.2, 0.25) is 76.3 Å². The number of carboxylic acid groups (broad SMARTS) is 10. The van der Waals surface area contributed by atoms with E-state index >= 15 is 0 Å². The number of nitrogens with one attached hydrogen (secondary N) is 14. The topological polar surface area (TPSA) is 851 Å². The van der Waals surface area contributed by atoms with Gasteiger partial charge in [-0.05, 0) is 105 Å². The van der Waals surface area contributed by atoms with Crippen LogP contribution in [0.4, 0.5) is 0 Å². The first-order valence-electron chi connectivity index (χ1n) is 39.7. The van der Waals surface area contributed by atoms with Gasteiger partial charge < -0.3 is 119 Å². The number of hydrogen-bond donors (Lipinski definition) is 26. The van der Waals surface area contributed by atoms with E-state index in [1.807, 2.05) is 26.6 Å². The van der Waals surface area contributed by atoms with E-state index in [-0.39, 0.29) is 50.3 Å². The maximum atomic E-state index is 14.2. The van der Waals surface area contributed by atoms with Crippen LogP contribution < -0.4 is 80.3 Å². The Morgan fingerprint density at radius 2 is 0.763 bits per heavy atom. The highest BCUT2D eigenvalue weighted by Crippen LogP contribution is 2.42. The van der Waals surface area contributed by atoms with Gasteiger partial charge in [0.15, 0.2) is 5.43 Å². The van der Waals surface area contributed by atoms with Gasteiger partial charge in [-0.25, -0.2) is 31.3 Å². The van der Waals surface area contributed by atoms with Crippen LogP contribution in [0.2, 0.25) is 0 Å². The zero-order chi connectivity index (χ0) is 98.5. The number of fused-ring (bicyclic) bond motifs is 2. The molecule has 2 aromatic rings. The standard InChI is InChI=1S/C79H98N14O38/c1-33(2)65(70(119)69(118)50(32-94)89-76(125)49(28-63(114)115)88-77(126)66(34(3)4)91-71(120)35-5-8-38(78(127)128)41(25-35)64-39-9-6-36(95)26-51(39)131-52-27-37(96)7-10-40(52)64)90-75(124)47(16-23-61(110)111)93-82-30-54(98)84-44(13-20-58(104)105)72(121)80-29-53(97)83-42(11-18-56(100)101)67(116)68(117)43(12-19-57(102)103)86-74(123)46(15-22-60(108)109)92-81-31-55(99)85-45(14-21-59(106)107)73(122)87-48(79(129)130)17-24-62(112)113/h5-10,25-27,33-34,42-50,65-66,81-82,92-95H,11-24,28-32H2,1-4H3,(H,80,121)(H,83,97)(H,84,98)(H,85,99)(H,86,123)(H,87,122)(H,88,126)(H,89,125)(H,90,124)(H,91,120)(H,100,101)(H,102,103)(H,104,105)(H,106,107)(H,108,109)(H,110,111)(H,112,113)(H,114,115)(H,127,128)(H,129,130)/t42-,43-,44-,45-,46-,47-,48-,49-,50-,65-,66-/m0/s1.